The van der Waals surface area contributed by atoms with E-state index >= 15 is 0 Å². The number of hydrogen-bond acceptors (Lipinski definition) is 5. The maximum absolute atomic E-state index is 13.3. The Morgan fingerprint density at radius 1 is 1.29 bits per heavy atom. The molecule has 3 rings (SSSR count). The Bertz CT molecular complexity index is 705. The van der Waals surface area contributed by atoms with E-state index in [1.165, 1.54) is 6.07 Å². The molecule has 108 valence electrons. The lowest BCUT2D eigenvalue weighted by Crippen LogP contribution is -2.02. The second-order valence-electron chi connectivity index (χ2n) is 4.43. The van der Waals surface area contributed by atoms with Gasteiger partial charge in [0.25, 0.3) is 0 Å². The molecule has 0 saturated carbocycles. The van der Waals surface area contributed by atoms with Crippen molar-refractivity contribution in [2.75, 3.05) is 12.1 Å². The minimum absolute atomic E-state index is 0.175. The summed E-state index contributed by atoms with van der Waals surface area (Å²) in [6, 6.07) is 9.17. The average molecular weight is 290 g/mol. The van der Waals surface area contributed by atoms with Gasteiger partial charge in [0, 0.05) is 23.9 Å². The van der Waals surface area contributed by atoms with Crippen molar-refractivity contribution in [1.29, 1.82) is 0 Å². The SMILES string of the molecule is O=[N+]([O-])c1cc(NCc2cccc3c2OCO3)ccc1F. The first-order chi connectivity index (χ1) is 10.1. The number of ether oxygens (including phenoxy) is 2. The Kier molecular flexibility index (Phi) is 3.31. The second-order valence-corrected chi connectivity index (χ2v) is 4.43. The van der Waals surface area contributed by atoms with Crippen LogP contribution < -0.4 is 14.8 Å². The zero-order valence-electron chi connectivity index (χ0n) is 10.8. The van der Waals surface area contributed by atoms with Gasteiger partial charge in [0.05, 0.1) is 4.92 Å². The number of hydrogen-bond donors (Lipinski definition) is 1. The van der Waals surface area contributed by atoms with Crippen molar-refractivity contribution < 1.29 is 18.8 Å². The van der Waals surface area contributed by atoms with Gasteiger partial charge in [-0.15, -0.1) is 0 Å². The van der Waals surface area contributed by atoms with Gasteiger partial charge in [0.2, 0.25) is 12.6 Å². The summed E-state index contributed by atoms with van der Waals surface area (Å²) in [5, 5.41) is 13.7. The number of fused-ring (bicyclic) bond motifs is 1. The van der Waals surface area contributed by atoms with Crippen LogP contribution in [0.2, 0.25) is 0 Å². The highest BCUT2D eigenvalue weighted by molar-refractivity contribution is 5.54. The maximum Gasteiger partial charge on any atom is 0.306 e. The van der Waals surface area contributed by atoms with E-state index < -0.39 is 16.4 Å². The van der Waals surface area contributed by atoms with Gasteiger partial charge in [0.1, 0.15) is 0 Å². The fraction of sp³-hybridized carbons (Fsp3) is 0.143. The number of nitro benzene ring substituents is 1. The number of para-hydroxylation sites is 1. The van der Waals surface area contributed by atoms with E-state index in [-0.39, 0.29) is 6.79 Å². The molecule has 1 heterocycles. The summed E-state index contributed by atoms with van der Waals surface area (Å²) in [5.41, 5.74) is 0.759. The fourth-order valence-corrected chi connectivity index (χ4v) is 2.09. The lowest BCUT2D eigenvalue weighted by Gasteiger charge is -2.09. The normalized spacial score (nSPS) is 12.2. The van der Waals surface area contributed by atoms with Gasteiger partial charge < -0.3 is 14.8 Å². The summed E-state index contributed by atoms with van der Waals surface area (Å²) in [7, 11) is 0. The van der Waals surface area contributed by atoms with Crippen LogP contribution in [0.15, 0.2) is 36.4 Å². The molecule has 2 aromatic carbocycles. The second kappa shape index (κ2) is 5.28. The molecule has 6 nitrogen and oxygen atoms in total. The van der Waals surface area contributed by atoms with Crippen LogP contribution in [0.5, 0.6) is 11.5 Å². The number of nitrogens with one attached hydrogen (secondary N) is 1. The minimum atomic E-state index is -0.858. The first-order valence-corrected chi connectivity index (χ1v) is 6.20. The molecule has 0 atom stereocenters. The molecule has 0 aromatic heterocycles. The van der Waals surface area contributed by atoms with Crippen molar-refractivity contribution in [3.63, 3.8) is 0 Å². The van der Waals surface area contributed by atoms with Gasteiger partial charge in [-0.1, -0.05) is 12.1 Å². The van der Waals surface area contributed by atoms with E-state index in [1.807, 2.05) is 12.1 Å². The van der Waals surface area contributed by atoms with Gasteiger partial charge in [-0.25, -0.2) is 0 Å². The topological polar surface area (TPSA) is 73.6 Å². The minimum Gasteiger partial charge on any atom is -0.454 e. The zero-order valence-corrected chi connectivity index (χ0v) is 10.8. The van der Waals surface area contributed by atoms with E-state index in [1.54, 1.807) is 6.07 Å². The third-order valence-electron chi connectivity index (χ3n) is 3.10. The van der Waals surface area contributed by atoms with Crippen LogP contribution >= 0.6 is 0 Å². The van der Waals surface area contributed by atoms with E-state index in [4.69, 9.17) is 9.47 Å². The molecular formula is C14H11FN2O4. The van der Waals surface area contributed by atoms with Crippen molar-refractivity contribution in [2.45, 2.75) is 6.54 Å². The van der Waals surface area contributed by atoms with Crippen LogP contribution in [0, 0.1) is 15.9 Å². The van der Waals surface area contributed by atoms with Crippen LogP contribution in [-0.4, -0.2) is 11.7 Å². The largest absolute Gasteiger partial charge is 0.454 e. The lowest BCUT2D eigenvalue weighted by atomic mass is 10.2. The van der Waals surface area contributed by atoms with Crippen molar-refractivity contribution in [3.8, 4) is 11.5 Å². The number of nitro groups is 1. The van der Waals surface area contributed by atoms with Crippen molar-refractivity contribution in [1.82, 2.24) is 0 Å². The third-order valence-corrected chi connectivity index (χ3v) is 3.10. The number of halogens is 1. The lowest BCUT2D eigenvalue weighted by molar-refractivity contribution is -0.387. The molecule has 0 saturated heterocycles. The molecule has 1 N–H and O–H groups in total. The van der Waals surface area contributed by atoms with Gasteiger partial charge in [-0.3, -0.25) is 10.1 Å². The van der Waals surface area contributed by atoms with Gasteiger partial charge in [0.15, 0.2) is 11.5 Å². The van der Waals surface area contributed by atoms with Crippen LogP contribution in [0.4, 0.5) is 15.8 Å². The monoisotopic (exact) mass is 290 g/mol. The van der Waals surface area contributed by atoms with Crippen LogP contribution in [0.25, 0.3) is 0 Å². The molecule has 0 unspecified atom stereocenters. The van der Waals surface area contributed by atoms with E-state index in [0.29, 0.717) is 23.7 Å². The number of rotatable bonds is 4. The van der Waals surface area contributed by atoms with Gasteiger partial charge in [-0.05, 0) is 18.2 Å². The number of nitrogens with zero attached hydrogens (tertiary/aromatic N) is 1. The van der Waals surface area contributed by atoms with Gasteiger partial charge >= 0.3 is 5.69 Å². The summed E-state index contributed by atoms with van der Waals surface area (Å²) in [6.07, 6.45) is 0. The van der Waals surface area contributed by atoms with Crippen molar-refractivity contribution in [3.05, 3.63) is 57.9 Å². The van der Waals surface area contributed by atoms with Crippen molar-refractivity contribution in [2.24, 2.45) is 0 Å². The molecule has 21 heavy (non-hydrogen) atoms. The highest BCUT2D eigenvalue weighted by atomic mass is 19.1. The molecule has 0 aliphatic carbocycles. The predicted octanol–water partition coefficient (Wildman–Crippen LogP) is 3.07. The zero-order chi connectivity index (χ0) is 14.8. The summed E-state index contributed by atoms with van der Waals surface area (Å²) >= 11 is 0. The first kappa shape index (κ1) is 13.2. The Labute approximate surface area is 119 Å². The Morgan fingerprint density at radius 2 is 2.14 bits per heavy atom. The number of benzene rings is 2. The fourth-order valence-electron chi connectivity index (χ4n) is 2.09. The average Bonchev–Trinajstić information content (AvgIpc) is 2.95. The molecule has 1 aliphatic rings. The molecule has 0 bridgehead atoms. The smallest absolute Gasteiger partial charge is 0.306 e. The third kappa shape index (κ3) is 2.58. The Balaban J connectivity index is 1.78. The highest BCUT2D eigenvalue weighted by Crippen LogP contribution is 2.35. The maximum atomic E-state index is 13.3. The summed E-state index contributed by atoms with van der Waals surface area (Å²) in [6.45, 7) is 0.559. The quantitative estimate of drug-likeness (QED) is 0.692. The van der Waals surface area contributed by atoms with E-state index in [9.17, 15) is 14.5 Å². The van der Waals surface area contributed by atoms with Crippen LogP contribution in [-0.2, 0) is 6.54 Å². The first-order valence-electron chi connectivity index (χ1n) is 6.20. The van der Waals surface area contributed by atoms with Gasteiger partial charge in [-0.2, -0.15) is 4.39 Å². The molecule has 0 radical (unpaired) electrons. The molecule has 0 spiro atoms. The molecule has 2 aromatic rings. The standard InChI is InChI=1S/C14H11FN2O4/c15-11-5-4-10(6-12(11)17(18)19)16-7-9-2-1-3-13-14(9)21-8-20-13/h1-6,16H,7-8H2. The molecule has 0 fully saturated rings. The molecular weight excluding hydrogens is 279 g/mol. The molecule has 0 amide bonds. The van der Waals surface area contributed by atoms with Crippen LogP contribution in [0.3, 0.4) is 0 Å². The van der Waals surface area contributed by atoms with E-state index in [2.05, 4.69) is 5.32 Å². The molecule has 1 aliphatic heterocycles. The van der Waals surface area contributed by atoms with Crippen molar-refractivity contribution >= 4 is 11.4 Å². The van der Waals surface area contributed by atoms with E-state index in [0.717, 1.165) is 17.7 Å². The predicted molar refractivity (Wildman–Crippen MR) is 72.9 cm³/mol. The Morgan fingerprint density at radius 3 is 2.95 bits per heavy atom. The highest BCUT2D eigenvalue weighted by Gasteiger charge is 2.18. The summed E-state index contributed by atoms with van der Waals surface area (Å²) in [4.78, 5) is 9.95. The summed E-state index contributed by atoms with van der Waals surface area (Å²) < 4.78 is 23.9. The Hall–Kier alpha value is -2.83. The van der Waals surface area contributed by atoms with Crippen LogP contribution in [0.1, 0.15) is 5.56 Å². The molecule has 7 heteroatoms. The summed E-state index contributed by atoms with van der Waals surface area (Å²) in [5.74, 6) is 0.462. The number of anilines is 1.